The van der Waals surface area contributed by atoms with E-state index in [-0.39, 0.29) is 12.4 Å². The Morgan fingerprint density at radius 1 is 1.21 bits per heavy atom. The van der Waals surface area contributed by atoms with Crippen LogP contribution in [0, 0.1) is 0 Å². The summed E-state index contributed by atoms with van der Waals surface area (Å²) < 4.78 is 4.79. The van der Waals surface area contributed by atoms with Crippen molar-refractivity contribution in [2.75, 3.05) is 6.61 Å². The summed E-state index contributed by atoms with van der Waals surface area (Å²) in [6, 6.07) is 8.61. The van der Waals surface area contributed by atoms with Gasteiger partial charge in [-0.15, -0.1) is 0 Å². The maximum atomic E-state index is 11.3. The summed E-state index contributed by atoms with van der Waals surface area (Å²) in [5.74, 6) is -0.526. The van der Waals surface area contributed by atoms with Crippen LogP contribution in [0.3, 0.4) is 0 Å². The fourth-order valence-corrected chi connectivity index (χ4v) is 0.906. The van der Waals surface area contributed by atoms with Gasteiger partial charge in [-0.05, 0) is 12.1 Å². The Morgan fingerprint density at radius 3 is 2.43 bits per heavy atom. The lowest BCUT2D eigenvalue weighted by atomic mass is 10.2. The van der Waals surface area contributed by atoms with Gasteiger partial charge in [0, 0.05) is 6.42 Å². The highest BCUT2D eigenvalue weighted by molar-refractivity contribution is 5.91. The van der Waals surface area contributed by atoms with Gasteiger partial charge in [0.1, 0.15) is 6.61 Å². The summed E-state index contributed by atoms with van der Waals surface area (Å²) in [6.07, 6.45) is 0.391. The molecular formula is C11H12O3. The Kier molecular flexibility index (Phi) is 3.85. The van der Waals surface area contributed by atoms with Crippen LogP contribution in [0.4, 0.5) is 0 Å². The smallest absolute Gasteiger partial charge is 0.338 e. The average molecular weight is 192 g/mol. The summed E-state index contributed by atoms with van der Waals surface area (Å²) >= 11 is 0. The van der Waals surface area contributed by atoms with Gasteiger partial charge in [0.2, 0.25) is 0 Å². The summed E-state index contributed by atoms with van der Waals surface area (Å²) in [7, 11) is 0. The highest BCUT2D eigenvalue weighted by Crippen LogP contribution is 2.00. The number of benzene rings is 1. The molecule has 0 N–H and O–H groups in total. The van der Waals surface area contributed by atoms with Crippen molar-refractivity contribution in [3.63, 3.8) is 0 Å². The van der Waals surface area contributed by atoms with Crippen molar-refractivity contribution in [2.45, 2.75) is 13.3 Å². The summed E-state index contributed by atoms with van der Waals surface area (Å²) in [4.78, 5) is 22.2. The average Bonchev–Trinajstić information content (AvgIpc) is 2.26. The minimum absolute atomic E-state index is 0.0747. The van der Waals surface area contributed by atoms with Crippen LogP contribution in [0.5, 0.6) is 0 Å². The van der Waals surface area contributed by atoms with Gasteiger partial charge >= 0.3 is 5.97 Å². The standard InChI is InChI=1S/C11H12O3/c1-2-10(12)8-14-11(13)9-6-4-3-5-7-9/h3-7H,2,8H2,1H3. The first-order chi connectivity index (χ1) is 6.74. The lowest BCUT2D eigenvalue weighted by molar-refractivity contribution is -0.121. The first-order valence-electron chi connectivity index (χ1n) is 4.48. The molecule has 0 saturated carbocycles. The van der Waals surface area contributed by atoms with E-state index in [0.717, 1.165) is 0 Å². The molecular weight excluding hydrogens is 180 g/mol. The Hall–Kier alpha value is -1.64. The van der Waals surface area contributed by atoms with Gasteiger partial charge in [-0.2, -0.15) is 0 Å². The Labute approximate surface area is 82.7 Å². The second-order valence-electron chi connectivity index (χ2n) is 2.83. The third-order valence-electron chi connectivity index (χ3n) is 1.77. The quantitative estimate of drug-likeness (QED) is 0.683. The van der Waals surface area contributed by atoms with E-state index in [9.17, 15) is 9.59 Å². The topological polar surface area (TPSA) is 43.4 Å². The number of carbonyl (C=O) groups excluding carboxylic acids is 2. The number of ether oxygens (including phenoxy) is 1. The SMILES string of the molecule is CCC(=O)COC(=O)c1ccccc1. The molecule has 0 amide bonds. The molecule has 1 rings (SSSR count). The van der Waals surface area contributed by atoms with E-state index in [2.05, 4.69) is 0 Å². The number of carbonyl (C=O) groups is 2. The third kappa shape index (κ3) is 3.01. The summed E-state index contributed by atoms with van der Waals surface area (Å²) in [6.45, 7) is 1.60. The van der Waals surface area contributed by atoms with E-state index in [1.54, 1.807) is 31.2 Å². The molecule has 0 aliphatic rings. The Bertz CT molecular complexity index is 317. The molecule has 0 bridgehead atoms. The number of hydrogen-bond donors (Lipinski definition) is 0. The van der Waals surface area contributed by atoms with Crippen LogP contribution in [-0.4, -0.2) is 18.4 Å². The summed E-state index contributed by atoms with van der Waals surface area (Å²) in [5, 5.41) is 0. The van der Waals surface area contributed by atoms with Crippen LogP contribution < -0.4 is 0 Å². The first kappa shape index (κ1) is 10.4. The Morgan fingerprint density at radius 2 is 1.86 bits per heavy atom. The molecule has 0 radical (unpaired) electrons. The van der Waals surface area contributed by atoms with Crippen molar-refractivity contribution in [1.82, 2.24) is 0 Å². The van der Waals surface area contributed by atoms with Gasteiger partial charge in [0.05, 0.1) is 5.56 Å². The van der Waals surface area contributed by atoms with Crippen LogP contribution in [-0.2, 0) is 9.53 Å². The van der Waals surface area contributed by atoms with Gasteiger partial charge in [-0.1, -0.05) is 25.1 Å². The molecule has 0 spiro atoms. The lowest BCUT2D eigenvalue weighted by Crippen LogP contribution is -2.12. The zero-order valence-corrected chi connectivity index (χ0v) is 8.03. The van der Waals surface area contributed by atoms with Crippen molar-refractivity contribution >= 4 is 11.8 Å². The van der Waals surface area contributed by atoms with E-state index in [1.807, 2.05) is 6.07 Å². The van der Waals surface area contributed by atoms with Crippen LogP contribution in [0.25, 0.3) is 0 Å². The number of rotatable bonds is 4. The number of Topliss-reactive ketones (excluding diaryl/α,β-unsaturated/α-hetero) is 1. The molecule has 1 aromatic carbocycles. The Balaban J connectivity index is 2.48. The molecule has 0 fully saturated rings. The third-order valence-corrected chi connectivity index (χ3v) is 1.77. The summed E-state index contributed by atoms with van der Waals surface area (Å²) in [5.41, 5.74) is 0.469. The molecule has 0 aliphatic carbocycles. The van der Waals surface area contributed by atoms with Crippen molar-refractivity contribution in [3.05, 3.63) is 35.9 Å². The van der Waals surface area contributed by atoms with E-state index in [1.165, 1.54) is 0 Å². The fraction of sp³-hybridized carbons (Fsp3) is 0.273. The van der Waals surface area contributed by atoms with Crippen LogP contribution >= 0.6 is 0 Å². The van der Waals surface area contributed by atoms with Crippen LogP contribution in [0.2, 0.25) is 0 Å². The van der Waals surface area contributed by atoms with Crippen molar-refractivity contribution in [2.24, 2.45) is 0 Å². The molecule has 74 valence electrons. The minimum Gasteiger partial charge on any atom is -0.454 e. The molecule has 1 aromatic rings. The van der Waals surface area contributed by atoms with Gasteiger partial charge in [0.15, 0.2) is 5.78 Å². The van der Waals surface area contributed by atoms with E-state index in [0.29, 0.717) is 12.0 Å². The fourth-order valence-electron chi connectivity index (χ4n) is 0.906. The van der Waals surface area contributed by atoms with Gasteiger partial charge < -0.3 is 4.74 Å². The van der Waals surface area contributed by atoms with Gasteiger partial charge in [-0.3, -0.25) is 4.79 Å². The molecule has 0 heterocycles. The lowest BCUT2D eigenvalue weighted by Gasteiger charge is -2.02. The zero-order chi connectivity index (χ0) is 10.4. The van der Waals surface area contributed by atoms with E-state index < -0.39 is 5.97 Å². The molecule has 0 saturated heterocycles. The van der Waals surface area contributed by atoms with Crippen molar-refractivity contribution < 1.29 is 14.3 Å². The zero-order valence-electron chi connectivity index (χ0n) is 8.03. The van der Waals surface area contributed by atoms with Gasteiger partial charge in [-0.25, -0.2) is 4.79 Å². The minimum atomic E-state index is -0.451. The molecule has 0 unspecified atom stereocenters. The molecule has 3 heteroatoms. The molecule has 0 atom stereocenters. The van der Waals surface area contributed by atoms with E-state index >= 15 is 0 Å². The predicted octanol–water partition coefficient (Wildman–Crippen LogP) is 1.82. The molecule has 14 heavy (non-hydrogen) atoms. The van der Waals surface area contributed by atoms with E-state index in [4.69, 9.17) is 4.74 Å². The first-order valence-corrected chi connectivity index (χ1v) is 4.48. The van der Waals surface area contributed by atoms with Crippen LogP contribution in [0.1, 0.15) is 23.7 Å². The highest BCUT2D eigenvalue weighted by atomic mass is 16.5. The maximum Gasteiger partial charge on any atom is 0.338 e. The normalized spacial score (nSPS) is 9.50. The van der Waals surface area contributed by atoms with Crippen LogP contribution in [0.15, 0.2) is 30.3 Å². The van der Waals surface area contributed by atoms with Gasteiger partial charge in [0.25, 0.3) is 0 Å². The largest absolute Gasteiger partial charge is 0.454 e. The second kappa shape index (κ2) is 5.17. The number of esters is 1. The predicted molar refractivity (Wildman–Crippen MR) is 52.0 cm³/mol. The van der Waals surface area contributed by atoms with Crippen molar-refractivity contribution in [1.29, 1.82) is 0 Å². The maximum absolute atomic E-state index is 11.3. The molecule has 0 aliphatic heterocycles. The second-order valence-corrected chi connectivity index (χ2v) is 2.83. The van der Waals surface area contributed by atoms with Crippen molar-refractivity contribution in [3.8, 4) is 0 Å². The molecule has 3 nitrogen and oxygen atoms in total. The highest BCUT2D eigenvalue weighted by Gasteiger charge is 2.07. The number of hydrogen-bond acceptors (Lipinski definition) is 3. The number of ketones is 1. The monoisotopic (exact) mass is 192 g/mol. The molecule has 0 aromatic heterocycles.